The molecule has 1 saturated heterocycles. The van der Waals surface area contributed by atoms with Gasteiger partial charge in [0.2, 0.25) is 0 Å². The number of benzene rings is 1. The summed E-state index contributed by atoms with van der Waals surface area (Å²) in [6, 6.07) is 3.01. The van der Waals surface area contributed by atoms with Gasteiger partial charge in [-0.1, -0.05) is 6.07 Å². The normalized spacial score (nSPS) is 23.2. The molecule has 0 bridgehead atoms. The Morgan fingerprint density at radius 3 is 2.30 bits per heavy atom. The molecule has 0 saturated carbocycles. The largest absolute Gasteiger partial charge is 0.495 e. The summed E-state index contributed by atoms with van der Waals surface area (Å²) in [5.41, 5.74) is 0.675. The minimum Gasteiger partial charge on any atom is -0.399 e. The minimum atomic E-state index is -0.614. The van der Waals surface area contributed by atoms with Crippen molar-refractivity contribution in [3.63, 3.8) is 0 Å². The maximum Gasteiger partial charge on any atom is 0.495 e. The lowest BCUT2D eigenvalue weighted by Crippen LogP contribution is -2.41. The molecular weight excluding hydrogens is 258 g/mol. The van der Waals surface area contributed by atoms with Crippen LogP contribution in [0.3, 0.4) is 0 Å². The van der Waals surface area contributed by atoms with E-state index in [-0.39, 0.29) is 11.6 Å². The van der Waals surface area contributed by atoms with E-state index >= 15 is 0 Å². The second-order valence-electron chi connectivity index (χ2n) is 6.50. The lowest BCUT2D eigenvalue weighted by molar-refractivity contribution is 0.00578. The Morgan fingerprint density at radius 1 is 1.10 bits per heavy atom. The number of fused-ring (bicyclic) bond motifs is 1. The Kier molecular flexibility index (Phi) is 2.86. The molecule has 1 heterocycles. The van der Waals surface area contributed by atoms with Gasteiger partial charge in [-0.05, 0) is 51.2 Å². The number of rotatable bonds is 1. The molecule has 0 N–H and O–H groups in total. The van der Waals surface area contributed by atoms with Crippen LogP contribution in [0.2, 0.25) is 0 Å². The van der Waals surface area contributed by atoms with Crippen molar-refractivity contribution < 1.29 is 18.5 Å². The van der Waals surface area contributed by atoms with E-state index < -0.39 is 18.3 Å². The monoisotopic (exact) mass is 276 g/mol. The topological polar surface area (TPSA) is 35.5 Å². The third-order valence-electron chi connectivity index (χ3n) is 4.68. The zero-order chi connectivity index (χ0) is 14.7. The fourth-order valence-corrected chi connectivity index (χ4v) is 2.74. The summed E-state index contributed by atoms with van der Waals surface area (Å²) in [7, 11) is -0.614. The minimum absolute atomic E-state index is 0.0239. The van der Waals surface area contributed by atoms with Gasteiger partial charge in [-0.25, -0.2) is 4.39 Å². The third-order valence-corrected chi connectivity index (χ3v) is 4.68. The molecule has 3 nitrogen and oxygen atoms in total. The Morgan fingerprint density at radius 2 is 1.70 bits per heavy atom. The maximum absolute atomic E-state index is 13.8. The van der Waals surface area contributed by atoms with Crippen LogP contribution < -0.4 is 5.46 Å². The van der Waals surface area contributed by atoms with Crippen molar-refractivity contribution in [3.05, 3.63) is 29.1 Å². The molecular formula is C15H18BFO3. The summed E-state index contributed by atoms with van der Waals surface area (Å²) in [5, 5.41) is 0. The van der Waals surface area contributed by atoms with Crippen LogP contribution in [0.1, 0.15) is 50.0 Å². The summed E-state index contributed by atoms with van der Waals surface area (Å²) in [5.74, 6) is -0.338. The number of hydrogen-bond acceptors (Lipinski definition) is 3. The predicted octanol–water partition coefficient (Wildman–Crippen LogP) is 2.25. The Labute approximate surface area is 118 Å². The van der Waals surface area contributed by atoms with Gasteiger partial charge in [0.25, 0.3) is 0 Å². The smallest absolute Gasteiger partial charge is 0.399 e. The zero-order valence-electron chi connectivity index (χ0n) is 12.2. The number of Topliss-reactive ketones (excluding diaryl/α,β-unsaturated/α-hetero) is 1. The molecule has 0 amide bonds. The first-order chi connectivity index (χ1) is 9.23. The van der Waals surface area contributed by atoms with Crippen LogP contribution in [0.15, 0.2) is 12.1 Å². The van der Waals surface area contributed by atoms with Crippen molar-refractivity contribution in [1.29, 1.82) is 0 Å². The average Bonchev–Trinajstić information content (AvgIpc) is 2.80. The second kappa shape index (κ2) is 4.15. The first-order valence-electron chi connectivity index (χ1n) is 6.93. The molecule has 0 spiro atoms. The van der Waals surface area contributed by atoms with Crippen LogP contribution in [0, 0.1) is 5.82 Å². The Balaban J connectivity index is 2.06. The fourth-order valence-electron chi connectivity index (χ4n) is 2.74. The summed E-state index contributed by atoms with van der Waals surface area (Å²) < 4.78 is 25.7. The number of carbonyl (C=O) groups is 1. The van der Waals surface area contributed by atoms with E-state index in [0.29, 0.717) is 29.4 Å². The van der Waals surface area contributed by atoms with Gasteiger partial charge in [-0.2, -0.15) is 0 Å². The van der Waals surface area contributed by atoms with Gasteiger partial charge in [0.15, 0.2) is 5.78 Å². The van der Waals surface area contributed by atoms with Crippen molar-refractivity contribution in [2.45, 2.75) is 51.7 Å². The molecule has 3 rings (SSSR count). The number of hydrogen-bond donors (Lipinski definition) is 0. The van der Waals surface area contributed by atoms with Gasteiger partial charge in [0.05, 0.1) is 11.2 Å². The molecule has 1 aliphatic carbocycles. The van der Waals surface area contributed by atoms with Crippen LogP contribution >= 0.6 is 0 Å². The SMILES string of the molecule is CC1(C)OB(c2ccc(F)c3c2C(=O)CC3)OC1(C)C. The zero-order valence-corrected chi connectivity index (χ0v) is 12.2. The van der Waals surface area contributed by atoms with Crippen LogP contribution in [-0.2, 0) is 15.7 Å². The van der Waals surface area contributed by atoms with E-state index in [1.807, 2.05) is 27.7 Å². The van der Waals surface area contributed by atoms with E-state index in [2.05, 4.69) is 0 Å². The summed E-state index contributed by atoms with van der Waals surface area (Å²) in [4.78, 5) is 12.0. The molecule has 0 atom stereocenters. The summed E-state index contributed by atoms with van der Waals surface area (Å²) >= 11 is 0. The quantitative estimate of drug-likeness (QED) is 0.738. The van der Waals surface area contributed by atoms with Crippen molar-refractivity contribution in [1.82, 2.24) is 0 Å². The van der Waals surface area contributed by atoms with Crippen molar-refractivity contribution in [2.24, 2.45) is 0 Å². The highest BCUT2D eigenvalue weighted by Gasteiger charge is 2.53. The molecule has 2 aliphatic rings. The van der Waals surface area contributed by atoms with Gasteiger partial charge >= 0.3 is 7.12 Å². The van der Waals surface area contributed by atoms with Gasteiger partial charge in [0, 0.05) is 12.0 Å². The first kappa shape index (κ1) is 13.8. The van der Waals surface area contributed by atoms with Gasteiger partial charge in [-0.15, -0.1) is 0 Å². The van der Waals surface area contributed by atoms with Crippen molar-refractivity contribution >= 4 is 18.4 Å². The van der Waals surface area contributed by atoms with Crippen LogP contribution in [0.4, 0.5) is 4.39 Å². The summed E-state index contributed by atoms with van der Waals surface area (Å²) in [6.45, 7) is 7.83. The van der Waals surface area contributed by atoms with Crippen molar-refractivity contribution in [3.8, 4) is 0 Å². The van der Waals surface area contributed by atoms with Crippen LogP contribution in [-0.4, -0.2) is 24.1 Å². The highest BCUT2D eigenvalue weighted by atomic mass is 19.1. The highest BCUT2D eigenvalue weighted by molar-refractivity contribution is 6.64. The molecule has 1 aliphatic heterocycles. The molecule has 0 radical (unpaired) electrons. The second-order valence-corrected chi connectivity index (χ2v) is 6.50. The molecule has 106 valence electrons. The number of halogens is 1. The third kappa shape index (κ3) is 1.84. The van der Waals surface area contributed by atoms with Gasteiger partial charge in [-0.3, -0.25) is 4.79 Å². The number of carbonyl (C=O) groups excluding carboxylic acids is 1. The highest BCUT2D eigenvalue weighted by Crippen LogP contribution is 2.37. The molecule has 0 aromatic heterocycles. The Hall–Kier alpha value is -1.20. The lowest BCUT2D eigenvalue weighted by atomic mass is 9.74. The molecule has 20 heavy (non-hydrogen) atoms. The van der Waals surface area contributed by atoms with E-state index in [0.717, 1.165) is 0 Å². The maximum atomic E-state index is 13.8. The summed E-state index contributed by atoms with van der Waals surface area (Å²) in [6.07, 6.45) is 0.829. The molecule has 5 heteroatoms. The van der Waals surface area contributed by atoms with E-state index in [4.69, 9.17) is 9.31 Å². The lowest BCUT2D eigenvalue weighted by Gasteiger charge is -2.32. The van der Waals surface area contributed by atoms with E-state index in [9.17, 15) is 9.18 Å². The molecule has 0 unspecified atom stereocenters. The number of ketones is 1. The Bertz CT molecular complexity index is 579. The van der Waals surface area contributed by atoms with E-state index in [1.165, 1.54) is 6.07 Å². The van der Waals surface area contributed by atoms with Crippen LogP contribution in [0.5, 0.6) is 0 Å². The van der Waals surface area contributed by atoms with Gasteiger partial charge in [0.1, 0.15) is 5.82 Å². The fraction of sp³-hybridized carbons (Fsp3) is 0.533. The first-order valence-corrected chi connectivity index (χ1v) is 6.93. The standard InChI is InChI=1S/C15H18BFO3/c1-14(2)15(3,4)20-16(19-14)10-6-7-11(17)9-5-8-12(18)13(9)10/h6-7H,5,8H2,1-4H3. The molecule has 1 aromatic carbocycles. The van der Waals surface area contributed by atoms with Crippen molar-refractivity contribution in [2.75, 3.05) is 0 Å². The van der Waals surface area contributed by atoms with Crippen LogP contribution in [0.25, 0.3) is 0 Å². The van der Waals surface area contributed by atoms with E-state index in [1.54, 1.807) is 6.07 Å². The average molecular weight is 276 g/mol. The molecule has 1 aromatic rings. The molecule has 1 fully saturated rings. The predicted molar refractivity (Wildman–Crippen MR) is 74.8 cm³/mol. The van der Waals surface area contributed by atoms with Gasteiger partial charge < -0.3 is 9.31 Å².